The van der Waals surface area contributed by atoms with Gasteiger partial charge in [-0.3, -0.25) is 19.3 Å². The van der Waals surface area contributed by atoms with Gasteiger partial charge in [0.15, 0.2) is 0 Å². The lowest BCUT2D eigenvalue weighted by Crippen LogP contribution is -2.36. The summed E-state index contributed by atoms with van der Waals surface area (Å²) in [6.45, 7) is 3.81. The molecule has 1 saturated heterocycles. The molecule has 0 aromatic carbocycles. The number of imide groups is 1. The summed E-state index contributed by atoms with van der Waals surface area (Å²) in [5.41, 5.74) is 0. The molecule has 1 rings (SSSR count). The first kappa shape index (κ1) is 11.7. The SMILES string of the molecule is CCOC(=O)[C@H](C)CN1C(=O)CCC1=O. The van der Waals surface area contributed by atoms with Crippen LogP contribution in [0.25, 0.3) is 0 Å². The molecular weight excluding hydrogens is 198 g/mol. The number of hydrogen-bond acceptors (Lipinski definition) is 4. The fourth-order valence-corrected chi connectivity index (χ4v) is 1.46. The van der Waals surface area contributed by atoms with Gasteiger partial charge in [0.2, 0.25) is 11.8 Å². The van der Waals surface area contributed by atoms with Crippen molar-refractivity contribution in [2.75, 3.05) is 13.2 Å². The predicted octanol–water partition coefficient (Wildman–Crippen LogP) is 0.335. The van der Waals surface area contributed by atoms with Gasteiger partial charge in [-0.1, -0.05) is 6.92 Å². The van der Waals surface area contributed by atoms with Crippen molar-refractivity contribution in [1.29, 1.82) is 0 Å². The molecule has 2 amide bonds. The average molecular weight is 213 g/mol. The standard InChI is InChI=1S/C10H15NO4/c1-3-15-10(14)7(2)6-11-8(12)4-5-9(11)13/h7H,3-6H2,1-2H3/t7-/m1/s1. The third-order valence-corrected chi connectivity index (χ3v) is 2.30. The molecule has 84 valence electrons. The van der Waals surface area contributed by atoms with Crippen LogP contribution in [0, 0.1) is 5.92 Å². The Kier molecular flexibility index (Phi) is 3.82. The first-order valence-corrected chi connectivity index (χ1v) is 5.06. The fraction of sp³-hybridized carbons (Fsp3) is 0.700. The summed E-state index contributed by atoms with van der Waals surface area (Å²) in [5.74, 6) is -1.21. The van der Waals surface area contributed by atoms with Gasteiger partial charge in [0.1, 0.15) is 0 Å². The van der Waals surface area contributed by atoms with Gasteiger partial charge in [-0.25, -0.2) is 0 Å². The number of nitrogens with zero attached hydrogens (tertiary/aromatic N) is 1. The molecule has 0 aromatic heterocycles. The molecule has 1 atom stereocenters. The van der Waals surface area contributed by atoms with Crippen LogP contribution in [0.1, 0.15) is 26.7 Å². The van der Waals surface area contributed by atoms with Crippen LogP contribution in [0.2, 0.25) is 0 Å². The lowest BCUT2D eigenvalue weighted by molar-refractivity contribution is -0.149. The summed E-state index contributed by atoms with van der Waals surface area (Å²) >= 11 is 0. The molecule has 1 aliphatic rings. The van der Waals surface area contributed by atoms with Crippen LogP contribution in [-0.2, 0) is 19.1 Å². The molecule has 0 bridgehead atoms. The Morgan fingerprint density at radius 3 is 2.40 bits per heavy atom. The molecule has 0 spiro atoms. The van der Waals surface area contributed by atoms with E-state index < -0.39 is 5.92 Å². The molecule has 0 saturated carbocycles. The molecule has 15 heavy (non-hydrogen) atoms. The van der Waals surface area contributed by atoms with Crippen molar-refractivity contribution in [2.45, 2.75) is 26.7 Å². The minimum absolute atomic E-state index is 0.135. The Morgan fingerprint density at radius 2 is 1.93 bits per heavy atom. The van der Waals surface area contributed by atoms with Crippen LogP contribution >= 0.6 is 0 Å². The summed E-state index contributed by atoms with van der Waals surface area (Å²) in [6, 6.07) is 0. The van der Waals surface area contributed by atoms with Gasteiger partial charge in [0.05, 0.1) is 12.5 Å². The van der Waals surface area contributed by atoms with Crippen molar-refractivity contribution in [3.63, 3.8) is 0 Å². The Balaban J connectivity index is 2.50. The second kappa shape index (κ2) is 4.91. The van der Waals surface area contributed by atoms with Gasteiger partial charge >= 0.3 is 5.97 Å². The van der Waals surface area contributed by atoms with E-state index in [0.29, 0.717) is 6.61 Å². The minimum atomic E-state index is -0.448. The van der Waals surface area contributed by atoms with Gasteiger partial charge in [0, 0.05) is 19.4 Å². The summed E-state index contributed by atoms with van der Waals surface area (Å²) in [4.78, 5) is 34.9. The van der Waals surface area contributed by atoms with Crippen molar-refractivity contribution in [2.24, 2.45) is 5.92 Å². The third kappa shape index (κ3) is 2.78. The van der Waals surface area contributed by atoms with Crippen LogP contribution in [0.15, 0.2) is 0 Å². The third-order valence-electron chi connectivity index (χ3n) is 2.30. The largest absolute Gasteiger partial charge is 0.466 e. The fourth-order valence-electron chi connectivity index (χ4n) is 1.46. The highest BCUT2D eigenvalue weighted by atomic mass is 16.5. The second-order valence-electron chi connectivity index (χ2n) is 3.55. The number of likely N-dealkylation sites (tertiary alicyclic amines) is 1. The van der Waals surface area contributed by atoms with Gasteiger partial charge in [-0.15, -0.1) is 0 Å². The average Bonchev–Trinajstić information content (AvgIpc) is 2.49. The molecule has 1 fully saturated rings. The molecule has 0 radical (unpaired) electrons. The highest BCUT2D eigenvalue weighted by molar-refractivity contribution is 6.02. The van der Waals surface area contributed by atoms with Crippen molar-refractivity contribution in [1.82, 2.24) is 4.90 Å². The van der Waals surface area contributed by atoms with E-state index in [4.69, 9.17) is 4.74 Å². The highest BCUT2D eigenvalue weighted by Gasteiger charge is 2.31. The Labute approximate surface area is 88.4 Å². The van der Waals surface area contributed by atoms with Crippen molar-refractivity contribution in [3.8, 4) is 0 Å². The number of esters is 1. The van der Waals surface area contributed by atoms with Gasteiger partial charge < -0.3 is 4.74 Å². The van der Waals surface area contributed by atoms with Crippen LogP contribution in [0.4, 0.5) is 0 Å². The summed E-state index contributed by atoms with van der Waals surface area (Å²) < 4.78 is 4.80. The zero-order valence-electron chi connectivity index (χ0n) is 8.99. The van der Waals surface area contributed by atoms with Crippen molar-refractivity contribution >= 4 is 17.8 Å². The van der Waals surface area contributed by atoms with Crippen LogP contribution in [0.3, 0.4) is 0 Å². The number of carbonyl (C=O) groups excluding carboxylic acids is 3. The minimum Gasteiger partial charge on any atom is -0.466 e. The van der Waals surface area contributed by atoms with E-state index in [1.807, 2.05) is 0 Å². The van der Waals surface area contributed by atoms with Crippen molar-refractivity contribution in [3.05, 3.63) is 0 Å². The first-order chi connectivity index (χ1) is 7.06. The summed E-state index contributed by atoms with van der Waals surface area (Å²) in [5, 5.41) is 0. The maximum atomic E-state index is 11.3. The van der Waals surface area contributed by atoms with Crippen LogP contribution < -0.4 is 0 Å². The number of ether oxygens (including phenoxy) is 1. The van der Waals surface area contributed by atoms with E-state index in [-0.39, 0.29) is 37.2 Å². The predicted molar refractivity (Wildman–Crippen MR) is 51.8 cm³/mol. The van der Waals surface area contributed by atoms with E-state index in [9.17, 15) is 14.4 Å². The molecule has 0 N–H and O–H groups in total. The monoisotopic (exact) mass is 213 g/mol. The number of hydrogen-bond donors (Lipinski definition) is 0. The van der Waals surface area contributed by atoms with E-state index in [1.54, 1.807) is 13.8 Å². The van der Waals surface area contributed by atoms with E-state index >= 15 is 0 Å². The zero-order valence-corrected chi connectivity index (χ0v) is 8.99. The molecule has 0 aromatic rings. The molecule has 1 heterocycles. The quantitative estimate of drug-likeness (QED) is 0.499. The maximum Gasteiger partial charge on any atom is 0.310 e. The Morgan fingerprint density at radius 1 is 1.40 bits per heavy atom. The van der Waals surface area contributed by atoms with Crippen LogP contribution in [-0.4, -0.2) is 35.8 Å². The summed E-state index contributed by atoms with van der Waals surface area (Å²) in [6.07, 6.45) is 0.517. The topological polar surface area (TPSA) is 63.7 Å². The molecule has 1 aliphatic heterocycles. The first-order valence-electron chi connectivity index (χ1n) is 5.06. The Bertz CT molecular complexity index is 271. The molecule has 0 unspecified atom stereocenters. The van der Waals surface area contributed by atoms with Crippen LogP contribution in [0.5, 0.6) is 0 Å². The lowest BCUT2D eigenvalue weighted by Gasteiger charge is -2.17. The van der Waals surface area contributed by atoms with Crippen molar-refractivity contribution < 1.29 is 19.1 Å². The highest BCUT2D eigenvalue weighted by Crippen LogP contribution is 2.14. The molecular formula is C10H15NO4. The normalized spacial score (nSPS) is 18.1. The molecule has 5 nitrogen and oxygen atoms in total. The number of rotatable bonds is 4. The smallest absolute Gasteiger partial charge is 0.310 e. The van der Waals surface area contributed by atoms with Gasteiger partial charge in [-0.05, 0) is 6.92 Å². The Hall–Kier alpha value is -1.39. The number of carbonyl (C=O) groups is 3. The zero-order chi connectivity index (χ0) is 11.4. The van der Waals surface area contributed by atoms with E-state index in [2.05, 4.69) is 0 Å². The lowest BCUT2D eigenvalue weighted by atomic mass is 10.2. The van der Waals surface area contributed by atoms with Gasteiger partial charge in [-0.2, -0.15) is 0 Å². The van der Waals surface area contributed by atoms with E-state index in [0.717, 1.165) is 4.90 Å². The molecule has 0 aliphatic carbocycles. The molecule has 5 heteroatoms. The van der Waals surface area contributed by atoms with E-state index in [1.165, 1.54) is 0 Å². The maximum absolute atomic E-state index is 11.3. The van der Waals surface area contributed by atoms with Gasteiger partial charge in [0.25, 0.3) is 0 Å². The number of amides is 2. The summed E-state index contributed by atoms with van der Waals surface area (Å²) in [7, 11) is 0. The second-order valence-corrected chi connectivity index (χ2v) is 3.55.